The zero-order chi connectivity index (χ0) is 24.8. The third-order valence-corrected chi connectivity index (χ3v) is 5.06. The van der Waals surface area contributed by atoms with Gasteiger partial charge in [-0.2, -0.15) is 0 Å². The summed E-state index contributed by atoms with van der Waals surface area (Å²) in [5.41, 5.74) is 4.56. The number of hydrogen-bond acceptors (Lipinski definition) is 6. The van der Waals surface area contributed by atoms with Crippen LogP contribution in [0, 0.1) is 19.8 Å². The van der Waals surface area contributed by atoms with E-state index in [-0.39, 0.29) is 17.7 Å². The Kier molecular flexibility index (Phi) is 7.68. The van der Waals surface area contributed by atoms with Crippen molar-refractivity contribution in [3.8, 4) is 11.3 Å². The van der Waals surface area contributed by atoms with Crippen molar-refractivity contribution in [2.24, 2.45) is 5.92 Å². The van der Waals surface area contributed by atoms with Crippen LogP contribution in [0.3, 0.4) is 0 Å². The number of esters is 1. The Balaban J connectivity index is 1.63. The van der Waals surface area contributed by atoms with Crippen LogP contribution in [0.25, 0.3) is 11.3 Å². The van der Waals surface area contributed by atoms with Crippen molar-refractivity contribution in [1.82, 2.24) is 10.5 Å². The van der Waals surface area contributed by atoms with Crippen LogP contribution in [0.2, 0.25) is 0 Å². The molecule has 0 aliphatic carbocycles. The van der Waals surface area contributed by atoms with Crippen molar-refractivity contribution in [2.75, 3.05) is 17.7 Å². The summed E-state index contributed by atoms with van der Waals surface area (Å²) in [6.45, 7) is 7.53. The smallest absolute Gasteiger partial charge is 0.328 e. The average molecular weight is 465 g/mol. The van der Waals surface area contributed by atoms with Crippen LogP contribution in [0.15, 0.2) is 53.1 Å². The number of ether oxygens (including phenoxy) is 1. The van der Waals surface area contributed by atoms with E-state index in [0.717, 1.165) is 11.1 Å². The van der Waals surface area contributed by atoms with Gasteiger partial charge in [-0.05, 0) is 55.2 Å². The van der Waals surface area contributed by atoms with Crippen LogP contribution < -0.4 is 16.0 Å². The molecule has 2 aromatic carbocycles. The van der Waals surface area contributed by atoms with Crippen molar-refractivity contribution in [2.45, 2.75) is 33.7 Å². The van der Waals surface area contributed by atoms with Crippen LogP contribution in [0.4, 0.5) is 16.2 Å². The predicted molar refractivity (Wildman–Crippen MR) is 129 cm³/mol. The molecule has 1 aromatic heterocycles. The Morgan fingerprint density at radius 2 is 1.53 bits per heavy atom. The van der Waals surface area contributed by atoms with Gasteiger partial charge in [0.2, 0.25) is 5.76 Å². The van der Waals surface area contributed by atoms with Crippen LogP contribution in [-0.2, 0) is 9.53 Å². The van der Waals surface area contributed by atoms with E-state index >= 15 is 0 Å². The quantitative estimate of drug-likeness (QED) is 0.442. The van der Waals surface area contributed by atoms with E-state index in [2.05, 4.69) is 21.1 Å². The highest BCUT2D eigenvalue weighted by Gasteiger charge is 2.27. The van der Waals surface area contributed by atoms with E-state index in [1.807, 2.05) is 32.0 Å². The van der Waals surface area contributed by atoms with E-state index in [1.165, 1.54) is 13.2 Å². The van der Waals surface area contributed by atoms with Gasteiger partial charge in [0.15, 0.2) is 0 Å². The Morgan fingerprint density at radius 1 is 0.912 bits per heavy atom. The van der Waals surface area contributed by atoms with Crippen molar-refractivity contribution >= 4 is 29.3 Å². The number of urea groups is 1. The lowest BCUT2D eigenvalue weighted by atomic mass is 10.0. The van der Waals surface area contributed by atoms with Gasteiger partial charge < -0.3 is 25.2 Å². The fraction of sp³-hybridized carbons (Fsp3) is 0.280. The lowest BCUT2D eigenvalue weighted by Crippen LogP contribution is -2.44. The topological polar surface area (TPSA) is 123 Å². The molecule has 1 atom stereocenters. The summed E-state index contributed by atoms with van der Waals surface area (Å²) in [6, 6.07) is 13.1. The molecule has 9 heteroatoms. The normalized spacial score (nSPS) is 11.6. The second-order valence-corrected chi connectivity index (χ2v) is 8.33. The summed E-state index contributed by atoms with van der Waals surface area (Å²) >= 11 is 0. The number of methoxy groups -OCH3 is 1. The maximum Gasteiger partial charge on any atom is 0.328 e. The molecule has 1 unspecified atom stereocenters. The predicted octanol–water partition coefficient (Wildman–Crippen LogP) is 4.53. The van der Waals surface area contributed by atoms with Gasteiger partial charge in [-0.3, -0.25) is 4.79 Å². The molecule has 178 valence electrons. The number of nitrogens with one attached hydrogen (secondary N) is 3. The summed E-state index contributed by atoms with van der Waals surface area (Å²) in [7, 11) is 1.27. The fourth-order valence-corrected chi connectivity index (χ4v) is 3.42. The lowest BCUT2D eigenvalue weighted by Gasteiger charge is -2.18. The first-order valence-electron chi connectivity index (χ1n) is 10.8. The molecule has 0 saturated heterocycles. The minimum atomic E-state index is -0.800. The molecule has 0 aliphatic heterocycles. The van der Waals surface area contributed by atoms with Crippen LogP contribution >= 0.6 is 0 Å². The SMILES string of the molecule is COC(=O)C(NC(=O)c1cc(-c2ccc(NC(=O)Nc3cc(C)cc(C)c3)cc2)no1)C(C)C. The van der Waals surface area contributed by atoms with Gasteiger partial charge in [0.05, 0.1) is 7.11 Å². The molecular formula is C25H28N4O5. The Hall–Kier alpha value is -4.14. The zero-order valence-electron chi connectivity index (χ0n) is 19.8. The number of rotatable bonds is 7. The number of benzene rings is 2. The first-order valence-corrected chi connectivity index (χ1v) is 10.8. The number of amides is 3. The summed E-state index contributed by atoms with van der Waals surface area (Å²) in [6.07, 6.45) is 0. The van der Waals surface area contributed by atoms with Gasteiger partial charge in [0.1, 0.15) is 11.7 Å². The summed E-state index contributed by atoms with van der Waals surface area (Å²) < 4.78 is 9.89. The molecule has 0 fully saturated rings. The largest absolute Gasteiger partial charge is 0.467 e. The Morgan fingerprint density at radius 3 is 2.12 bits per heavy atom. The van der Waals surface area contributed by atoms with E-state index in [1.54, 1.807) is 38.1 Å². The highest BCUT2D eigenvalue weighted by Crippen LogP contribution is 2.22. The van der Waals surface area contributed by atoms with E-state index in [0.29, 0.717) is 22.6 Å². The molecule has 3 aromatic rings. The fourth-order valence-electron chi connectivity index (χ4n) is 3.42. The van der Waals surface area contributed by atoms with E-state index in [4.69, 9.17) is 9.26 Å². The summed E-state index contributed by atoms with van der Waals surface area (Å²) in [5, 5.41) is 12.1. The minimum Gasteiger partial charge on any atom is -0.467 e. The van der Waals surface area contributed by atoms with Gasteiger partial charge in [0, 0.05) is 23.0 Å². The molecule has 3 amide bonds. The van der Waals surface area contributed by atoms with Crippen LogP contribution in [0.1, 0.15) is 35.5 Å². The number of nitrogens with zero attached hydrogens (tertiary/aromatic N) is 1. The molecule has 0 radical (unpaired) electrons. The van der Waals surface area contributed by atoms with Crippen molar-refractivity contribution in [1.29, 1.82) is 0 Å². The first-order chi connectivity index (χ1) is 16.2. The standard InChI is InChI=1S/C25H28N4O5/c1-14(2)22(24(31)33-5)28-23(30)21-13-20(29-34-21)17-6-8-18(9-7-17)26-25(32)27-19-11-15(3)10-16(4)12-19/h6-14,22H,1-5H3,(H,28,30)(H2,26,27,32). The Bertz CT molecular complexity index is 1160. The molecular weight excluding hydrogens is 436 g/mol. The molecule has 34 heavy (non-hydrogen) atoms. The number of hydrogen-bond donors (Lipinski definition) is 3. The maximum absolute atomic E-state index is 12.5. The first kappa shape index (κ1) is 24.5. The van der Waals surface area contributed by atoms with Crippen molar-refractivity contribution in [3.05, 3.63) is 65.4 Å². The van der Waals surface area contributed by atoms with Gasteiger partial charge in [0.25, 0.3) is 5.91 Å². The molecule has 0 spiro atoms. The number of aromatic nitrogens is 1. The lowest BCUT2D eigenvalue weighted by molar-refractivity contribution is -0.144. The second kappa shape index (κ2) is 10.7. The van der Waals surface area contributed by atoms with Gasteiger partial charge in [-0.15, -0.1) is 0 Å². The van der Waals surface area contributed by atoms with E-state index < -0.39 is 17.9 Å². The monoisotopic (exact) mass is 464 g/mol. The summed E-state index contributed by atoms with van der Waals surface area (Å²) in [4.78, 5) is 36.7. The average Bonchev–Trinajstić information content (AvgIpc) is 3.26. The zero-order valence-corrected chi connectivity index (χ0v) is 19.8. The van der Waals surface area contributed by atoms with E-state index in [9.17, 15) is 14.4 Å². The molecule has 1 heterocycles. The molecule has 3 N–H and O–H groups in total. The Labute approximate surface area is 197 Å². The number of carbonyl (C=O) groups excluding carboxylic acids is 3. The van der Waals surface area contributed by atoms with Crippen molar-refractivity contribution in [3.63, 3.8) is 0 Å². The minimum absolute atomic E-state index is 0.0282. The molecule has 3 rings (SSSR count). The second-order valence-electron chi connectivity index (χ2n) is 8.33. The third-order valence-electron chi connectivity index (χ3n) is 5.06. The summed E-state index contributed by atoms with van der Waals surface area (Å²) in [5.74, 6) is -1.29. The highest BCUT2D eigenvalue weighted by atomic mass is 16.5. The van der Waals surface area contributed by atoms with Gasteiger partial charge >= 0.3 is 12.0 Å². The maximum atomic E-state index is 12.5. The molecule has 0 aliphatic rings. The highest BCUT2D eigenvalue weighted by molar-refractivity contribution is 6.00. The van der Waals surface area contributed by atoms with Gasteiger partial charge in [-0.25, -0.2) is 9.59 Å². The molecule has 0 saturated carbocycles. The molecule has 9 nitrogen and oxygen atoms in total. The number of aryl methyl sites for hydroxylation is 2. The molecule has 0 bridgehead atoms. The van der Waals surface area contributed by atoms with Crippen molar-refractivity contribution < 1.29 is 23.6 Å². The number of carbonyl (C=O) groups is 3. The third kappa shape index (κ3) is 6.22. The van der Waals surface area contributed by atoms with Gasteiger partial charge in [-0.1, -0.05) is 37.2 Å². The van der Waals surface area contributed by atoms with Crippen LogP contribution in [-0.4, -0.2) is 36.2 Å². The van der Waals surface area contributed by atoms with Crippen LogP contribution in [0.5, 0.6) is 0 Å². The number of anilines is 2.